The quantitative estimate of drug-likeness (QED) is 0.180. The number of rotatable bonds is 14. The number of hydrogen-bond acceptors (Lipinski definition) is 4. The molecule has 0 amide bonds. The second-order valence-corrected chi connectivity index (χ2v) is 13.9. The zero-order valence-electron chi connectivity index (χ0n) is 31.3. The molecule has 264 valence electrons. The summed E-state index contributed by atoms with van der Waals surface area (Å²) in [5, 5.41) is 8.57. The van der Waals surface area contributed by atoms with Crippen molar-refractivity contribution in [1.82, 2.24) is 25.0 Å². The Bertz CT molecular complexity index is 1570. The predicted molar refractivity (Wildman–Crippen MR) is 202 cm³/mol. The molecule has 0 aliphatic carbocycles. The topological polar surface area (TPSA) is 35.5 Å². The fourth-order valence-electron chi connectivity index (χ4n) is 7.32. The number of aryl methyl sites for hydroxylation is 1. The fraction of sp³-hybridized carbons (Fsp3) is 0.561. The highest BCUT2D eigenvalue weighted by molar-refractivity contribution is 5.91. The van der Waals surface area contributed by atoms with Crippen molar-refractivity contribution in [3.63, 3.8) is 0 Å². The maximum atomic E-state index is 14.6. The second kappa shape index (κ2) is 16.3. The molecule has 2 aliphatic rings. The van der Waals surface area contributed by atoms with E-state index in [0.717, 1.165) is 30.5 Å². The monoisotopic (exact) mass is 661 g/mol. The lowest BCUT2D eigenvalue weighted by molar-refractivity contribution is -0.0390. The van der Waals surface area contributed by atoms with Crippen molar-refractivity contribution in [2.45, 2.75) is 131 Å². The minimum atomic E-state index is -2.63. The zero-order chi connectivity index (χ0) is 35.2. The lowest BCUT2D eigenvalue weighted by Gasteiger charge is -2.30. The van der Waals surface area contributed by atoms with E-state index in [9.17, 15) is 8.78 Å². The van der Waals surface area contributed by atoms with E-state index in [0.29, 0.717) is 18.6 Å². The highest BCUT2D eigenvalue weighted by Gasteiger charge is 2.36. The van der Waals surface area contributed by atoms with Crippen LogP contribution < -0.4 is 10.6 Å². The number of hydrogen-bond donors (Lipinski definition) is 2. The Hall–Kier alpha value is -3.48. The SMILES string of the molecule is CC.CCCCC1NC(c2ccc3c(c2)cc(-c2ccc(C4=CN(C)C(C(C)CC(F)(F)CCCC)N4)cc2CC)n3C(C)C)=CN1C. The molecule has 3 heterocycles. The van der Waals surface area contributed by atoms with E-state index < -0.39 is 5.92 Å². The molecule has 5 rings (SSSR count). The van der Waals surface area contributed by atoms with Crippen LogP contribution in [-0.4, -0.2) is 46.7 Å². The summed E-state index contributed by atoms with van der Waals surface area (Å²) in [6.07, 6.45) is 10.1. The molecule has 3 unspecified atom stereocenters. The van der Waals surface area contributed by atoms with Crippen molar-refractivity contribution in [2.75, 3.05) is 14.1 Å². The van der Waals surface area contributed by atoms with Crippen molar-refractivity contribution in [1.29, 1.82) is 0 Å². The lowest BCUT2D eigenvalue weighted by atomic mass is 9.95. The van der Waals surface area contributed by atoms with Gasteiger partial charge in [-0.2, -0.15) is 0 Å². The van der Waals surface area contributed by atoms with Gasteiger partial charge in [-0.25, -0.2) is 8.78 Å². The molecule has 7 heteroatoms. The molecule has 3 atom stereocenters. The number of aromatic nitrogens is 1. The van der Waals surface area contributed by atoms with Gasteiger partial charge in [-0.1, -0.05) is 72.6 Å². The Morgan fingerprint density at radius 2 is 1.46 bits per heavy atom. The molecule has 0 saturated heterocycles. The van der Waals surface area contributed by atoms with Gasteiger partial charge < -0.3 is 25.0 Å². The maximum Gasteiger partial charge on any atom is 0.248 e. The summed E-state index contributed by atoms with van der Waals surface area (Å²) < 4.78 is 31.7. The average Bonchev–Trinajstić information content (AvgIpc) is 3.77. The highest BCUT2D eigenvalue weighted by atomic mass is 19.3. The molecule has 0 radical (unpaired) electrons. The van der Waals surface area contributed by atoms with E-state index in [1.54, 1.807) is 0 Å². The van der Waals surface area contributed by atoms with Gasteiger partial charge in [-0.05, 0) is 80.5 Å². The minimum Gasteiger partial charge on any atom is -0.364 e. The summed E-state index contributed by atoms with van der Waals surface area (Å²) in [6, 6.07) is 16.2. The van der Waals surface area contributed by atoms with Crippen LogP contribution in [0.4, 0.5) is 8.78 Å². The summed E-state index contributed by atoms with van der Waals surface area (Å²) in [6.45, 7) is 16.8. The predicted octanol–water partition coefficient (Wildman–Crippen LogP) is 10.8. The highest BCUT2D eigenvalue weighted by Crippen LogP contribution is 2.38. The molecule has 2 aliphatic heterocycles. The molecule has 0 spiro atoms. The molecule has 0 bridgehead atoms. The van der Waals surface area contributed by atoms with Crippen LogP contribution in [0.3, 0.4) is 0 Å². The van der Waals surface area contributed by atoms with E-state index in [-0.39, 0.29) is 24.9 Å². The number of benzene rings is 2. The van der Waals surface area contributed by atoms with Gasteiger partial charge >= 0.3 is 0 Å². The first-order valence-corrected chi connectivity index (χ1v) is 18.5. The molecule has 5 nitrogen and oxygen atoms in total. The Kier molecular flexibility index (Phi) is 12.7. The molecule has 48 heavy (non-hydrogen) atoms. The van der Waals surface area contributed by atoms with Gasteiger partial charge in [0.2, 0.25) is 5.92 Å². The maximum absolute atomic E-state index is 14.6. The van der Waals surface area contributed by atoms with Gasteiger partial charge in [0.15, 0.2) is 0 Å². The number of fused-ring (bicyclic) bond motifs is 1. The van der Waals surface area contributed by atoms with Gasteiger partial charge in [0.25, 0.3) is 0 Å². The van der Waals surface area contributed by atoms with Crippen LogP contribution in [0, 0.1) is 5.92 Å². The summed E-state index contributed by atoms with van der Waals surface area (Å²) >= 11 is 0. The van der Waals surface area contributed by atoms with Crippen molar-refractivity contribution >= 4 is 22.3 Å². The zero-order valence-corrected chi connectivity index (χ0v) is 31.3. The van der Waals surface area contributed by atoms with Gasteiger partial charge in [-0.3, -0.25) is 0 Å². The molecule has 2 N–H and O–H groups in total. The molecular weight excluding hydrogens is 600 g/mol. The van der Waals surface area contributed by atoms with E-state index in [4.69, 9.17) is 0 Å². The third-order valence-electron chi connectivity index (χ3n) is 9.85. The summed E-state index contributed by atoms with van der Waals surface area (Å²) in [5.74, 6) is -2.83. The third-order valence-corrected chi connectivity index (χ3v) is 9.85. The second-order valence-electron chi connectivity index (χ2n) is 13.9. The Morgan fingerprint density at radius 3 is 2.12 bits per heavy atom. The molecule has 0 fully saturated rings. The van der Waals surface area contributed by atoms with Crippen LogP contribution in [0.1, 0.15) is 123 Å². The van der Waals surface area contributed by atoms with E-state index >= 15 is 0 Å². The van der Waals surface area contributed by atoms with E-state index in [2.05, 4.69) is 115 Å². The summed E-state index contributed by atoms with van der Waals surface area (Å²) in [7, 11) is 4.14. The van der Waals surface area contributed by atoms with Gasteiger partial charge in [0, 0.05) is 73.5 Å². The van der Waals surface area contributed by atoms with Crippen LogP contribution in [0.25, 0.3) is 33.6 Å². The van der Waals surface area contributed by atoms with E-state index in [1.165, 1.54) is 51.8 Å². The fourth-order valence-corrected chi connectivity index (χ4v) is 7.32. The van der Waals surface area contributed by atoms with Crippen molar-refractivity contribution in [2.24, 2.45) is 5.92 Å². The molecule has 1 aromatic heterocycles. The van der Waals surface area contributed by atoms with Gasteiger partial charge in [0.1, 0.15) is 6.17 Å². The van der Waals surface area contributed by atoms with Crippen LogP contribution >= 0.6 is 0 Å². The van der Waals surface area contributed by atoms with Crippen LogP contribution in [0.5, 0.6) is 0 Å². The smallest absolute Gasteiger partial charge is 0.248 e. The normalized spacial score (nSPS) is 18.4. The largest absolute Gasteiger partial charge is 0.364 e. The van der Waals surface area contributed by atoms with Crippen LogP contribution in [-0.2, 0) is 6.42 Å². The lowest BCUT2D eigenvalue weighted by Crippen LogP contribution is -2.41. The van der Waals surface area contributed by atoms with Crippen LogP contribution in [0.2, 0.25) is 0 Å². The van der Waals surface area contributed by atoms with Gasteiger partial charge in [0.05, 0.1) is 17.6 Å². The van der Waals surface area contributed by atoms with E-state index in [1.807, 2.05) is 34.7 Å². The van der Waals surface area contributed by atoms with Crippen molar-refractivity contribution in [3.8, 4) is 11.3 Å². The van der Waals surface area contributed by atoms with Crippen LogP contribution in [0.15, 0.2) is 54.9 Å². The summed E-state index contributed by atoms with van der Waals surface area (Å²) in [5.41, 5.74) is 9.46. The standard InChI is InChI=1S/C39H55F2N5.C2H6/c1-9-12-14-37-42-33(24-44(37)7)30-16-18-35-31(21-30)22-36(46(35)26(4)5)32-17-15-29(20-28(32)11-3)34-25-45(8)38(43-34)27(6)23-39(40,41)19-13-10-2;1-2/h15-18,20-22,24-27,37-38,42-43H,9-14,19,23H2,1-8H3;1-2H3. The molecule has 3 aromatic rings. The number of alkyl halides is 2. The molecule has 0 saturated carbocycles. The number of halogens is 2. The Balaban J connectivity index is 0.00000255. The third kappa shape index (κ3) is 8.20. The molecular formula is C41H61F2N5. The number of nitrogens with one attached hydrogen (secondary N) is 2. The first-order chi connectivity index (χ1) is 23.0. The number of unbranched alkanes of at least 4 members (excludes halogenated alkanes) is 2. The Morgan fingerprint density at radius 1 is 0.812 bits per heavy atom. The minimum absolute atomic E-state index is 0.0358. The summed E-state index contributed by atoms with van der Waals surface area (Å²) in [4.78, 5) is 4.36. The first-order valence-electron chi connectivity index (χ1n) is 18.5. The first kappa shape index (κ1) is 37.3. The number of nitrogens with zero attached hydrogens (tertiary/aromatic N) is 3. The van der Waals surface area contributed by atoms with Crippen molar-refractivity contribution < 1.29 is 8.78 Å². The van der Waals surface area contributed by atoms with Crippen molar-refractivity contribution in [3.05, 3.63) is 71.6 Å². The molecule has 2 aromatic carbocycles. The van der Waals surface area contributed by atoms with Gasteiger partial charge in [-0.15, -0.1) is 0 Å². The Labute approximate surface area is 289 Å². The average molecular weight is 662 g/mol.